The number of ether oxygens (including phenoxy) is 1. The van der Waals surface area contributed by atoms with E-state index < -0.39 is 0 Å². The van der Waals surface area contributed by atoms with Crippen LogP contribution in [0.5, 0.6) is 5.75 Å². The van der Waals surface area contributed by atoms with Crippen LogP contribution in [0.2, 0.25) is 0 Å². The first-order valence-electron chi connectivity index (χ1n) is 5.84. The summed E-state index contributed by atoms with van der Waals surface area (Å²) in [4.78, 5) is 13.8. The smallest absolute Gasteiger partial charge is 0.240 e. The Bertz CT molecular complexity index is 406. The van der Waals surface area contributed by atoms with Gasteiger partial charge in [-0.05, 0) is 19.5 Å². The Morgan fingerprint density at radius 1 is 1.47 bits per heavy atom. The van der Waals surface area contributed by atoms with E-state index in [0.29, 0.717) is 6.54 Å². The summed E-state index contributed by atoms with van der Waals surface area (Å²) in [5, 5.41) is 3.04. The minimum absolute atomic E-state index is 0.0234. The van der Waals surface area contributed by atoms with Crippen molar-refractivity contribution in [2.75, 3.05) is 20.7 Å². The number of hydrogen-bond acceptors (Lipinski definition) is 3. The minimum atomic E-state index is -0.0234. The zero-order valence-corrected chi connectivity index (χ0v) is 10.3. The average Bonchev–Trinajstić information content (AvgIpc) is 2.71. The lowest BCUT2D eigenvalue weighted by atomic mass is 10.2. The predicted octanol–water partition coefficient (Wildman–Crippen LogP) is 1.02. The molecule has 1 saturated heterocycles. The first-order valence-corrected chi connectivity index (χ1v) is 5.84. The van der Waals surface area contributed by atoms with E-state index in [-0.39, 0.29) is 11.9 Å². The third-order valence-corrected chi connectivity index (χ3v) is 3.20. The maximum atomic E-state index is 12.0. The van der Waals surface area contributed by atoms with Gasteiger partial charge < -0.3 is 15.0 Å². The molecule has 4 heteroatoms. The number of carbonyl (C=O) groups is 1. The van der Waals surface area contributed by atoms with Crippen molar-refractivity contribution in [1.82, 2.24) is 10.2 Å². The monoisotopic (exact) mass is 234 g/mol. The molecule has 0 aliphatic carbocycles. The number of likely N-dealkylation sites (tertiary alicyclic amines) is 1. The Morgan fingerprint density at radius 3 is 2.88 bits per heavy atom. The van der Waals surface area contributed by atoms with Gasteiger partial charge >= 0.3 is 0 Å². The lowest BCUT2D eigenvalue weighted by Gasteiger charge is -2.18. The topological polar surface area (TPSA) is 41.6 Å². The number of nitrogens with one attached hydrogen (secondary N) is 1. The van der Waals surface area contributed by atoms with Crippen LogP contribution in [0.15, 0.2) is 24.3 Å². The first kappa shape index (κ1) is 11.9. The average molecular weight is 234 g/mol. The second kappa shape index (κ2) is 5.19. The summed E-state index contributed by atoms with van der Waals surface area (Å²) < 4.78 is 5.29. The molecule has 0 radical (unpaired) electrons. The molecule has 1 N–H and O–H groups in total. The van der Waals surface area contributed by atoms with Crippen molar-refractivity contribution < 1.29 is 9.53 Å². The highest BCUT2D eigenvalue weighted by Crippen LogP contribution is 2.22. The fraction of sp³-hybridized carbons (Fsp3) is 0.462. The summed E-state index contributed by atoms with van der Waals surface area (Å²) in [5.41, 5.74) is 1.06. The van der Waals surface area contributed by atoms with Crippen LogP contribution in [0.4, 0.5) is 0 Å². The normalized spacial score (nSPS) is 19.8. The molecule has 0 spiro atoms. The second-order valence-corrected chi connectivity index (χ2v) is 4.20. The van der Waals surface area contributed by atoms with Crippen molar-refractivity contribution in [3.05, 3.63) is 29.8 Å². The molecule has 4 nitrogen and oxygen atoms in total. The number of hydrogen-bond donors (Lipinski definition) is 1. The Balaban J connectivity index is 2.09. The lowest BCUT2D eigenvalue weighted by Crippen LogP contribution is -2.35. The molecule has 17 heavy (non-hydrogen) atoms. The molecule has 1 unspecified atom stereocenters. The lowest BCUT2D eigenvalue weighted by molar-refractivity contribution is -0.129. The van der Waals surface area contributed by atoms with Gasteiger partial charge in [0.25, 0.3) is 0 Å². The molecule has 92 valence electrons. The van der Waals surface area contributed by atoms with Gasteiger partial charge in [0, 0.05) is 18.7 Å². The molecular formula is C13H18N2O2. The van der Waals surface area contributed by atoms with Crippen LogP contribution in [0.25, 0.3) is 0 Å². The quantitative estimate of drug-likeness (QED) is 0.845. The summed E-state index contributed by atoms with van der Waals surface area (Å²) in [6.07, 6.45) is 0.879. The number of para-hydroxylation sites is 1. The summed E-state index contributed by atoms with van der Waals surface area (Å²) in [6, 6.07) is 7.80. The van der Waals surface area contributed by atoms with E-state index >= 15 is 0 Å². The molecule has 1 aliphatic heterocycles. The van der Waals surface area contributed by atoms with Crippen LogP contribution in [0, 0.1) is 0 Å². The highest BCUT2D eigenvalue weighted by molar-refractivity contribution is 5.83. The molecule has 0 saturated carbocycles. The molecule has 2 rings (SSSR count). The summed E-state index contributed by atoms with van der Waals surface area (Å²) in [6.45, 7) is 1.43. The van der Waals surface area contributed by atoms with Gasteiger partial charge in [-0.2, -0.15) is 0 Å². The fourth-order valence-electron chi connectivity index (χ4n) is 2.20. The van der Waals surface area contributed by atoms with Crippen LogP contribution < -0.4 is 10.1 Å². The van der Waals surface area contributed by atoms with Gasteiger partial charge in [0.05, 0.1) is 13.2 Å². The van der Waals surface area contributed by atoms with Gasteiger partial charge in [0.1, 0.15) is 5.75 Å². The number of rotatable bonds is 4. The minimum Gasteiger partial charge on any atom is -0.496 e. The zero-order valence-electron chi connectivity index (χ0n) is 10.3. The highest BCUT2D eigenvalue weighted by atomic mass is 16.5. The number of likely N-dealkylation sites (N-methyl/N-ethyl adjacent to an activating group) is 1. The number of methoxy groups -OCH3 is 1. The van der Waals surface area contributed by atoms with Crippen molar-refractivity contribution in [3.63, 3.8) is 0 Å². The molecule has 1 aromatic rings. The van der Waals surface area contributed by atoms with Crippen LogP contribution >= 0.6 is 0 Å². The first-order chi connectivity index (χ1) is 8.26. The summed E-state index contributed by atoms with van der Waals surface area (Å²) >= 11 is 0. The maximum Gasteiger partial charge on any atom is 0.240 e. The van der Waals surface area contributed by atoms with E-state index in [0.717, 1.165) is 24.3 Å². The SMILES string of the molecule is CNC1CCN(Cc2ccccc2OC)C1=O. The molecule has 1 fully saturated rings. The third-order valence-electron chi connectivity index (χ3n) is 3.20. The largest absolute Gasteiger partial charge is 0.496 e. The van der Waals surface area contributed by atoms with E-state index in [1.54, 1.807) is 7.11 Å². The van der Waals surface area contributed by atoms with Gasteiger partial charge in [0.2, 0.25) is 5.91 Å². The number of benzene rings is 1. The van der Waals surface area contributed by atoms with E-state index in [4.69, 9.17) is 4.74 Å². The molecule has 1 aromatic carbocycles. The molecule has 1 heterocycles. The Kier molecular flexibility index (Phi) is 3.64. The van der Waals surface area contributed by atoms with E-state index in [2.05, 4.69) is 5.32 Å². The number of nitrogens with zero attached hydrogens (tertiary/aromatic N) is 1. The van der Waals surface area contributed by atoms with Gasteiger partial charge in [-0.1, -0.05) is 18.2 Å². The Hall–Kier alpha value is -1.55. The van der Waals surface area contributed by atoms with Gasteiger partial charge in [-0.15, -0.1) is 0 Å². The van der Waals surface area contributed by atoms with Crippen LogP contribution in [-0.2, 0) is 11.3 Å². The second-order valence-electron chi connectivity index (χ2n) is 4.20. The van der Waals surface area contributed by atoms with Crippen molar-refractivity contribution >= 4 is 5.91 Å². The standard InChI is InChI=1S/C13H18N2O2/c1-14-11-7-8-15(13(11)16)9-10-5-3-4-6-12(10)17-2/h3-6,11,14H,7-9H2,1-2H3. The van der Waals surface area contributed by atoms with Crippen molar-refractivity contribution in [3.8, 4) is 5.75 Å². The van der Waals surface area contributed by atoms with Crippen LogP contribution in [-0.4, -0.2) is 37.6 Å². The zero-order chi connectivity index (χ0) is 12.3. The summed E-state index contributed by atoms with van der Waals surface area (Å²) in [5.74, 6) is 1.02. The molecule has 1 atom stereocenters. The summed E-state index contributed by atoms with van der Waals surface area (Å²) in [7, 11) is 3.48. The van der Waals surface area contributed by atoms with Gasteiger partial charge in [-0.25, -0.2) is 0 Å². The fourth-order valence-corrected chi connectivity index (χ4v) is 2.20. The van der Waals surface area contributed by atoms with Gasteiger partial charge in [0.15, 0.2) is 0 Å². The number of carbonyl (C=O) groups excluding carboxylic acids is 1. The Morgan fingerprint density at radius 2 is 2.24 bits per heavy atom. The van der Waals surface area contributed by atoms with Crippen LogP contribution in [0.3, 0.4) is 0 Å². The predicted molar refractivity (Wildman–Crippen MR) is 65.9 cm³/mol. The maximum absolute atomic E-state index is 12.0. The van der Waals surface area contributed by atoms with Crippen LogP contribution in [0.1, 0.15) is 12.0 Å². The van der Waals surface area contributed by atoms with Crippen molar-refractivity contribution in [2.45, 2.75) is 19.0 Å². The van der Waals surface area contributed by atoms with E-state index in [9.17, 15) is 4.79 Å². The van der Waals surface area contributed by atoms with Gasteiger partial charge in [-0.3, -0.25) is 4.79 Å². The molecule has 1 amide bonds. The molecule has 0 aromatic heterocycles. The number of amides is 1. The molecule has 0 bridgehead atoms. The van der Waals surface area contributed by atoms with E-state index in [1.807, 2.05) is 36.2 Å². The third kappa shape index (κ3) is 2.42. The van der Waals surface area contributed by atoms with E-state index in [1.165, 1.54) is 0 Å². The highest BCUT2D eigenvalue weighted by Gasteiger charge is 2.30. The molecular weight excluding hydrogens is 216 g/mol. The molecule has 1 aliphatic rings. The Labute approximate surface area is 102 Å². The van der Waals surface area contributed by atoms with Crippen molar-refractivity contribution in [1.29, 1.82) is 0 Å². The van der Waals surface area contributed by atoms with Crippen molar-refractivity contribution in [2.24, 2.45) is 0 Å².